The second kappa shape index (κ2) is 23.7. The Bertz CT molecular complexity index is 1770. The average molecular weight is 853 g/mol. The second-order valence-corrected chi connectivity index (χ2v) is 17.0. The zero-order valence-corrected chi connectivity index (χ0v) is 36.8. The van der Waals surface area contributed by atoms with E-state index in [-0.39, 0.29) is 37.3 Å². The Labute approximate surface area is 359 Å². The molecule has 0 aliphatic carbocycles. The number of hydrogen-bond acceptors (Lipinski definition) is 10. The van der Waals surface area contributed by atoms with Crippen LogP contribution in [0.3, 0.4) is 0 Å². The smallest absolute Gasteiger partial charge is 0.326 e. The number of carbonyl (C=O) groups excluding carboxylic acids is 5. The van der Waals surface area contributed by atoms with Crippen LogP contribution in [-0.2, 0) is 41.6 Å². The first kappa shape index (κ1) is 50.1. The number of rotatable bonds is 23. The highest BCUT2D eigenvalue weighted by Gasteiger charge is 2.44. The van der Waals surface area contributed by atoms with Gasteiger partial charge >= 0.3 is 5.97 Å². The Morgan fingerprint density at radius 2 is 1.34 bits per heavy atom. The Balaban J connectivity index is 1.86. The number of nitrogens with zero attached hydrogens (tertiary/aromatic N) is 3. The summed E-state index contributed by atoms with van der Waals surface area (Å²) >= 11 is 0. The molecule has 1 heterocycles. The summed E-state index contributed by atoms with van der Waals surface area (Å²) in [5.41, 5.74) is 7.34. The number of likely N-dealkylation sites (N-methyl/N-ethyl adjacent to an activating group) is 2. The number of phenolic OH excluding ortho intramolecular Hbond substituents is 2. The van der Waals surface area contributed by atoms with Gasteiger partial charge in [-0.1, -0.05) is 91.0 Å². The highest BCUT2D eigenvalue weighted by atomic mass is 16.4. The fourth-order valence-electron chi connectivity index (χ4n) is 7.78. The Morgan fingerprint density at radius 1 is 0.787 bits per heavy atom. The number of aliphatic hydroxyl groups excluding tert-OH is 1. The molecule has 0 spiro atoms. The van der Waals surface area contributed by atoms with E-state index >= 15 is 0 Å². The molecular weight excluding hydrogens is 785 g/mol. The number of aromatic hydroxyl groups is 2. The van der Waals surface area contributed by atoms with Crippen LogP contribution in [0.15, 0.2) is 48.5 Å². The number of hydrogen-bond donors (Lipinski definition) is 7. The number of nitrogens with one attached hydrogen (secondary N) is 2. The van der Waals surface area contributed by atoms with Crippen molar-refractivity contribution in [2.75, 3.05) is 20.6 Å². The van der Waals surface area contributed by atoms with E-state index in [0.29, 0.717) is 24.0 Å². The molecule has 2 aromatic rings. The molecule has 338 valence electrons. The third kappa shape index (κ3) is 14.2. The summed E-state index contributed by atoms with van der Waals surface area (Å²) in [4.78, 5) is 86.6. The normalized spacial score (nSPS) is 16.9. The molecule has 0 aromatic heterocycles. The van der Waals surface area contributed by atoms with Crippen molar-refractivity contribution < 1.29 is 49.2 Å². The van der Waals surface area contributed by atoms with Gasteiger partial charge in [0.05, 0.1) is 0 Å². The molecule has 0 bridgehead atoms. The minimum absolute atomic E-state index is 0.00339. The number of carbonyl (C=O) groups is 6. The molecule has 8 N–H and O–H groups in total. The SMILES string of the molecule is CCCCCCCC(N)[C@@H](O)C(=O)NC(C(=O)N(C)[C@H](C(=O)N(C)C(Cc1ccc(O)cc1)C(=O)N1CCCC1C(=O)NC(Cc1ccc(O)cc1)C(=O)O)C(C)C)C(C)C. The lowest BCUT2D eigenvalue weighted by atomic mass is 9.95. The van der Waals surface area contributed by atoms with E-state index < -0.39 is 89.7 Å². The molecule has 1 fully saturated rings. The number of aliphatic hydroxyl groups is 1. The highest BCUT2D eigenvalue weighted by Crippen LogP contribution is 2.25. The van der Waals surface area contributed by atoms with Gasteiger partial charge in [0.1, 0.15) is 47.8 Å². The van der Waals surface area contributed by atoms with Crippen LogP contribution in [0.25, 0.3) is 0 Å². The maximum Gasteiger partial charge on any atom is 0.326 e. The summed E-state index contributed by atoms with van der Waals surface area (Å²) in [6.07, 6.45) is 4.38. The molecular formula is C45H68N6O10. The van der Waals surface area contributed by atoms with Crippen LogP contribution >= 0.6 is 0 Å². The predicted molar refractivity (Wildman–Crippen MR) is 230 cm³/mol. The van der Waals surface area contributed by atoms with Gasteiger partial charge in [0.2, 0.25) is 23.6 Å². The largest absolute Gasteiger partial charge is 0.508 e. The molecule has 3 rings (SSSR count). The Morgan fingerprint density at radius 3 is 1.87 bits per heavy atom. The number of carboxylic acids is 1. The number of amides is 5. The van der Waals surface area contributed by atoms with Crippen LogP contribution in [0.4, 0.5) is 0 Å². The Hall–Kier alpha value is -5.22. The topological polar surface area (TPSA) is 243 Å². The van der Waals surface area contributed by atoms with Crippen LogP contribution in [0.1, 0.15) is 97.1 Å². The molecule has 16 heteroatoms. The molecule has 16 nitrogen and oxygen atoms in total. The molecule has 1 aliphatic heterocycles. The molecule has 0 saturated carbocycles. The van der Waals surface area contributed by atoms with Crippen molar-refractivity contribution in [3.8, 4) is 11.5 Å². The minimum Gasteiger partial charge on any atom is -0.508 e. The first-order chi connectivity index (χ1) is 28.8. The average Bonchev–Trinajstić information content (AvgIpc) is 3.72. The van der Waals surface area contributed by atoms with Gasteiger partial charge in [-0.3, -0.25) is 24.0 Å². The lowest BCUT2D eigenvalue weighted by Gasteiger charge is -2.39. The van der Waals surface area contributed by atoms with E-state index in [1.165, 1.54) is 53.1 Å². The second-order valence-electron chi connectivity index (χ2n) is 17.0. The lowest BCUT2D eigenvalue weighted by Crippen LogP contribution is -2.61. The summed E-state index contributed by atoms with van der Waals surface area (Å²) in [7, 11) is 2.90. The zero-order chi connectivity index (χ0) is 45.6. The lowest BCUT2D eigenvalue weighted by molar-refractivity contribution is -0.154. The molecule has 5 amide bonds. The van der Waals surface area contributed by atoms with Crippen LogP contribution < -0.4 is 16.4 Å². The van der Waals surface area contributed by atoms with Crippen molar-refractivity contribution >= 4 is 35.5 Å². The molecule has 5 unspecified atom stereocenters. The molecule has 1 saturated heterocycles. The number of carboxylic acid groups (broad SMARTS) is 1. The maximum atomic E-state index is 14.7. The molecule has 1 aliphatic rings. The van der Waals surface area contributed by atoms with Crippen LogP contribution in [-0.4, -0.2) is 134 Å². The zero-order valence-electron chi connectivity index (χ0n) is 36.8. The van der Waals surface area contributed by atoms with E-state index in [1.54, 1.807) is 52.0 Å². The Kier molecular flexibility index (Phi) is 19.5. The molecule has 2 aromatic carbocycles. The van der Waals surface area contributed by atoms with Gasteiger partial charge in [0, 0.05) is 39.5 Å². The number of aliphatic carboxylic acids is 1. The minimum atomic E-state index is -1.54. The van der Waals surface area contributed by atoms with Crippen LogP contribution in [0.5, 0.6) is 11.5 Å². The highest BCUT2D eigenvalue weighted by molar-refractivity contribution is 5.97. The van der Waals surface area contributed by atoms with E-state index in [9.17, 15) is 49.2 Å². The van der Waals surface area contributed by atoms with Crippen molar-refractivity contribution in [1.29, 1.82) is 0 Å². The van der Waals surface area contributed by atoms with Gasteiger partial charge in [-0.2, -0.15) is 0 Å². The van der Waals surface area contributed by atoms with Crippen molar-refractivity contribution in [2.24, 2.45) is 17.6 Å². The quantitative estimate of drug-likeness (QED) is 0.0802. The molecule has 61 heavy (non-hydrogen) atoms. The van der Waals surface area contributed by atoms with Crippen molar-refractivity contribution in [2.45, 2.75) is 141 Å². The first-order valence-corrected chi connectivity index (χ1v) is 21.5. The van der Waals surface area contributed by atoms with Gasteiger partial charge in [-0.15, -0.1) is 0 Å². The van der Waals surface area contributed by atoms with Gasteiger partial charge in [0.15, 0.2) is 0 Å². The van der Waals surface area contributed by atoms with E-state index in [0.717, 1.165) is 32.1 Å². The van der Waals surface area contributed by atoms with Gasteiger partial charge in [-0.25, -0.2) is 4.79 Å². The summed E-state index contributed by atoms with van der Waals surface area (Å²) in [6, 6.07) is 5.44. The van der Waals surface area contributed by atoms with E-state index in [2.05, 4.69) is 17.6 Å². The van der Waals surface area contributed by atoms with Crippen molar-refractivity contribution in [3.63, 3.8) is 0 Å². The van der Waals surface area contributed by atoms with E-state index in [1.807, 2.05) is 0 Å². The number of likely N-dealkylation sites (tertiary alicyclic amines) is 1. The fourth-order valence-corrected chi connectivity index (χ4v) is 7.78. The first-order valence-electron chi connectivity index (χ1n) is 21.5. The summed E-state index contributed by atoms with van der Waals surface area (Å²) in [5, 5.41) is 45.6. The van der Waals surface area contributed by atoms with Crippen LogP contribution in [0, 0.1) is 11.8 Å². The van der Waals surface area contributed by atoms with Gasteiger partial charge in [-0.05, 0) is 66.5 Å². The van der Waals surface area contributed by atoms with Gasteiger partial charge < -0.3 is 51.5 Å². The summed E-state index contributed by atoms with van der Waals surface area (Å²) in [5.74, 6) is -5.38. The number of unbranched alkanes of at least 4 members (excludes halogenated alkanes) is 4. The maximum absolute atomic E-state index is 14.7. The summed E-state index contributed by atoms with van der Waals surface area (Å²) < 4.78 is 0. The third-order valence-corrected chi connectivity index (χ3v) is 11.5. The number of benzene rings is 2. The predicted octanol–water partition coefficient (Wildman–Crippen LogP) is 2.94. The van der Waals surface area contributed by atoms with Gasteiger partial charge in [0.25, 0.3) is 5.91 Å². The van der Waals surface area contributed by atoms with Crippen molar-refractivity contribution in [3.05, 3.63) is 59.7 Å². The molecule has 0 radical (unpaired) electrons. The van der Waals surface area contributed by atoms with Crippen molar-refractivity contribution in [1.82, 2.24) is 25.3 Å². The van der Waals surface area contributed by atoms with E-state index in [4.69, 9.17) is 5.73 Å². The summed E-state index contributed by atoms with van der Waals surface area (Å²) in [6.45, 7) is 9.24. The van der Waals surface area contributed by atoms with Crippen LogP contribution in [0.2, 0.25) is 0 Å². The monoisotopic (exact) mass is 852 g/mol. The third-order valence-electron chi connectivity index (χ3n) is 11.5. The molecule has 7 atom stereocenters. The number of phenols is 2. The fraction of sp³-hybridized carbons (Fsp3) is 0.600. The standard InChI is InChI=1S/C45H68N6O10/c1-8-9-10-11-12-14-33(46)39(54)41(56)48-37(27(2)3)43(58)50(7)38(28(4)5)44(59)49(6)36(26-30-18-22-32(53)23-19-30)42(57)51-24-13-15-35(51)40(55)47-34(45(60)61)25-29-16-20-31(52)21-17-29/h16-23,27-28,33-39,52-54H,8-15,24-26,46H2,1-7H3,(H,47,55)(H,48,56)(H,60,61)/t33?,34?,35?,36?,37?,38-,39+/m0/s1. The number of nitrogens with two attached hydrogens (primary N) is 1.